The molecule has 0 aliphatic rings. The molecule has 0 saturated carbocycles. The van der Waals surface area contributed by atoms with Crippen LogP contribution in [-0.4, -0.2) is 5.78 Å². The minimum absolute atomic E-state index is 0.0978. The summed E-state index contributed by atoms with van der Waals surface area (Å²) in [5.74, 6) is 1.38. The molecular weight excluding hydrogens is 140 g/mol. The second-order valence-corrected chi connectivity index (χ2v) is 2.58. The molecule has 1 aromatic rings. The Morgan fingerprint density at radius 1 is 1.55 bits per heavy atom. The molecule has 60 valence electrons. The van der Waals surface area contributed by atoms with Gasteiger partial charge < -0.3 is 4.42 Å². The maximum Gasteiger partial charge on any atom is 0.197 e. The Balaban J connectivity index is 2.69. The van der Waals surface area contributed by atoms with Gasteiger partial charge in [-0.1, -0.05) is 6.92 Å². The first-order chi connectivity index (χ1) is 5.24. The fourth-order valence-corrected chi connectivity index (χ4v) is 0.935. The zero-order chi connectivity index (χ0) is 8.27. The average Bonchev–Trinajstić information content (AvgIpc) is 2.36. The molecule has 0 amide bonds. The molecule has 0 atom stereocenters. The number of Topliss-reactive ketones (excluding diaryl/α,β-unsaturated/α-hetero) is 1. The van der Waals surface area contributed by atoms with Crippen LogP contribution in [0.25, 0.3) is 0 Å². The lowest BCUT2D eigenvalue weighted by atomic mass is 10.2. The van der Waals surface area contributed by atoms with Crippen molar-refractivity contribution >= 4 is 5.78 Å². The fourth-order valence-electron chi connectivity index (χ4n) is 0.935. The Hall–Kier alpha value is -1.05. The molecule has 0 aliphatic carbocycles. The van der Waals surface area contributed by atoms with Gasteiger partial charge in [-0.2, -0.15) is 0 Å². The molecule has 1 rings (SSSR count). The molecule has 0 radical (unpaired) electrons. The summed E-state index contributed by atoms with van der Waals surface area (Å²) >= 11 is 0. The first kappa shape index (κ1) is 8.05. The number of hydrogen-bond acceptors (Lipinski definition) is 2. The van der Waals surface area contributed by atoms with Gasteiger partial charge in [0.25, 0.3) is 0 Å². The molecule has 0 fully saturated rings. The molecule has 0 aliphatic heterocycles. The predicted molar refractivity (Wildman–Crippen MR) is 42.7 cm³/mol. The summed E-state index contributed by atoms with van der Waals surface area (Å²) in [5.41, 5.74) is 0. The monoisotopic (exact) mass is 152 g/mol. The largest absolute Gasteiger partial charge is 0.458 e. The van der Waals surface area contributed by atoms with Crippen LogP contribution in [0.5, 0.6) is 0 Å². The van der Waals surface area contributed by atoms with E-state index in [0.717, 1.165) is 12.2 Å². The van der Waals surface area contributed by atoms with Crippen LogP contribution in [0.1, 0.15) is 36.1 Å². The van der Waals surface area contributed by atoms with Gasteiger partial charge in [0.2, 0.25) is 0 Å². The Bertz CT molecular complexity index is 248. The van der Waals surface area contributed by atoms with E-state index >= 15 is 0 Å². The highest BCUT2D eigenvalue weighted by atomic mass is 16.3. The third-order valence-electron chi connectivity index (χ3n) is 1.49. The highest BCUT2D eigenvalue weighted by Gasteiger charge is 2.07. The van der Waals surface area contributed by atoms with E-state index in [1.807, 2.05) is 19.9 Å². The van der Waals surface area contributed by atoms with Crippen LogP contribution < -0.4 is 0 Å². The summed E-state index contributed by atoms with van der Waals surface area (Å²) in [7, 11) is 0. The topological polar surface area (TPSA) is 30.2 Å². The van der Waals surface area contributed by atoms with Crippen molar-refractivity contribution in [3.8, 4) is 0 Å². The van der Waals surface area contributed by atoms with E-state index in [1.165, 1.54) is 0 Å². The van der Waals surface area contributed by atoms with Crippen LogP contribution in [0, 0.1) is 6.92 Å². The zero-order valence-corrected chi connectivity index (χ0v) is 6.89. The van der Waals surface area contributed by atoms with Crippen molar-refractivity contribution in [1.29, 1.82) is 0 Å². The van der Waals surface area contributed by atoms with E-state index in [1.54, 1.807) is 6.07 Å². The molecule has 0 N–H and O–H groups in total. The number of aryl methyl sites for hydroxylation is 1. The summed E-state index contributed by atoms with van der Waals surface area (Å²) in [4.78, 5) is 11.2. The first-order valence-electron chi connectivity index (χ1n) is 3.83. The van der Waals surface area contributed by atoms with Crippen molar-refractivity contribution in [2.45, 2.75) is 26.7 Å². The maximum absolute atomic E-state index is 11.2. The molecule has 1 heterocycles. The molecule has 11 heavy (non-hydrogen) atoms. The molecule has 0 aromatic carbocycles. The average molecular weight is 152 g/mol. The number of carbonyl (C=O) groups is 1. The Morgan fingerprint density at radius 2 is 2.27 bits per heavy atom. The van der Waals surface area contributed by atoms with Gasteiger partial charge in [0, 0.05) is 6.42 Å². The quantitative estimate of drug-likeness (QED) is 0.623. The van der Waals surface area contributed by atoms with E-state index < -0.39 is 0 Å². The molecule has 0 unspecified atom stereocenters. The minimum Gasteiger partial charge on any atom is -0.458 e. The van der Waals surface area contributed by atoms with Crippen LogP contribution in [0.4, 0.5) is 0 Å². The Morgan fingerprint density at radius 3 is 2.73 bits per heavy atom. The molecular formula is C9H12O2. The Kier molecular flexibility index (Phi) is 2.47. The van der Waals surface area contributed by atoms with Crippen molar-refractivity contribution in [1.82, 2.24) is 0 Å². The van der Waals surface area contributed by atoms with Crippen LogP contribution in [0.2, 0.25) is 0 Å². The highest BCUT2D eigenvalue weighted by molar-refractivity contribution is 5.93. The van der Waals surface area contributed by atoms with Crippen LogP contribution in [-0.2, 0) is 0 Å². The number of rotatable bonds is 3. The molecule has 0 bridgehead atoms. The Labute approximate surface area is 66.2 Å². The van der Waals surface area contributed by atoms with Gasteiger partial charge in [-0.05, 0) is 25.5 Å². The van der Waals surface area contributed by atoms with E-state index in [2.05, 4.69) is 0 Å². The smallest absolute Gasteiger partial charge is 0.197 e. The van der Waals surface area contributed by atoms with Crippen LogP contribution in [0.15, 0.2) is 16.5 Å². The number of hydrogen-bond donors (Lipinski definition) is 0. The third kappa shape index (κ3) is 1.93. The lowest BCUT2D eigenvalue weighted by molar-refractivity contribution is 0.0953. The molecule has 1 aromatic heterocycles. The van der Waals surface area contributed by atoms with Crippen molar-refractivity contribution in [3.05, 3.63) is 23.7 Å². The van der Waals surface area contributed by atoms with Gasteiger partial charge in [0.1, 0.15) is 5.76 Å². The van der Waals surface area contributed by atoms with E-state index in [9.17, 15) is 4.79 Å². The van der Waals surface area contributed by atoms with Gasteiger partial charge in [0.15, 0.2) is 11.5 Å². The van der Waals surface area contributed by atoms with Crippen molar-refractivity contribution in [3.63, 3.8) is 0 Å². The molecule has 0 spiro atoms. The lowest BCUT2D eigenvalue weighted by Crippen LogP contribution is -1.94. The standard InChI is InChI=1S/C9H12O2/c1-3-4-8(10)9-6-5-7(2)11-9/h5-6H,3-4H2,1-2H3. The third-order valence-corrected chi connectivity index (χ3v) is 1.49. The minimum atomic E-state index is 0.0978. The van der Waals surface area contributed by atoms with Crippen molar-refractivity contribution in [2.75, 3.05) is 0 Å². The second-order valence-electron chi connectivity index (χ2n) is 2.58. The summed E-state index contributed by atoms with van der Waals surface area (Å²) in [6.45, 7) is 3.82. The van der Waals surface area contributed by atoms with Crippen LogP contribution in [0.3, 0.4) is 0 Å². The first-order valence-corrected chi connectivity index (χ1v) is 3.83. The molecule has 2 nitrogen and oxygen atoms in total. The lowest BCUT2D eigenvalue weighted by Gasteiger charge is -1.91. The van der Waals surface area contributed by atoms with Gasteiger partial charge >= 0.3 is 0 Å². The predicted octanol–water partition coefficient (Wildman–Crippen LogP) is 2.57. The van der Waals surface area contributed by atoms with Crippen molar-refractivity contribution < 1.29 is 9.21 Å². The summed E-state index contributed by atoms with van der Waals surface area (Å²) < 4.78 is 5.15. The van der Waals surface area contributed by atoms with Crippen molar-refractivity contribution in [2.24, 2.45) is 0 Å². The highest BCUT2D eigenvalue weighted by Crippen LogP contribution is 2.09. The van der Waals surface area contributed by atoms with Crippen LogP contribution >= 0.6 is 0 Å². The normalized spacial score (nSPS) is 10.0. The fraction of sp³-hybridized carbons (Fsp3) is 0.444. The maximum atomic E-state index is 11.2. The number of carbonyl (C=O) groups excluding carboxylic acids is 1. The number of ketones is 1. The molecule has 0 saturated heterocycles. The second kappa shape index (κ2) is 3.37. The summed E-state index contributed by atoms with van der Waals surface area (Å²) in [6, 6.07) is 3.54. The van der Waals surface area contributed by atoms with Gasteiger partial charge in [0.05, 0.1) is 0 Å². The summed E-state index contributed by atoms with van der Waals surface area (Å²) in [5, 5.41) is 0. The van der Waals surface area contributed by atoms with E-state index in [0.29, 0.717) is 12.2 Å². The van der Waals surface area contributed by atoms with Gasteiger partial charge in [-0.25, -0.2) is 0 Å². The SMILES string of the molecule is CCCC(=O)c1ccc(C)o1. The number of furan rings is 1. The molecule has 2 heteroatoms. The van der Waals surface area contributed by atoms with Gasteiger partial charge in [-0.3, -0.25) is 4.79 Å². The van der Waals surface area contributed by atoms with E-state index in [-0.39, 0.29) is 5.78 Å². The summed E-state index contributed by atoms with van der Waals surface area (Å²) in [6.07, 6.45) is 1.45. The zero-order valence-electron chi connectivity index (χ0n) is 6.89. The van der Waals surface area contributed by atoms with E-state index in [4.69, 9.17) is 4.42 Å². The van der Waals surface area contributed by atoms with Gasteiger partial charge in [-0.15, -0.1) is 0 Å².